The maximum atomic E-state index is 8.64. The molecule has 0 aromatic heterocycles. The molecule has 0 spiro atoms. The number of nitriles is 1. The van der Waals surface area contributed by atoms with Gasteiger partial charge in [-0.25, -0.2) is 0 Å². The van der Waals surface area contributed by atoms with E-state index in [2.05, 4.69) is 32.2 Å². The number of rotatable bonds is 6. The standard InChI is InChI=1S/C15H28N2/c1-13(14-8-5-4-6-9-14)17-12-15(2,3)10-7-11-16/h13-14,17H,4-10,12H2,1-3H3. The Morgan fingerprint density at radius 1 is 1.29 bits per heavy atom. The van der Waals surface area contributed by atoms with Crippen LogP contribution in [0.3, 0.4) is 0 Å². The molecule has 0 saturated heterocycles. The molecule has 0 aromatic rings. The van der Waals surface area contributed by atoms with Crippen LogP contribution in [0.4, 0.5) is 0 Å². The topological polar surface area (TPSA) is 35.8 Å². The maximum absolute atomic E-state index is 8.64. The Morgan fingerprint density at radius 2 is 1.94 bits per heavy atom. The van der Waals surface area contributed by atoms with Crippen molar-refractivity contribution in [2.24, 2.45) is 11.3 Å². The van der Waals surface area contributed by atoms with Gasteiger partial charge in [0, 0.05) is 19.0 Å². The second kappa shape index (κ2) is 7.01. The summed E-state index contributed by atoms with van der Waals surface area (Å²) in [6, 6.07) is 2.88. The highest BCUT2D eigenvalue weighted by atomic mass is 14.9. The summed E-state index contributed by atoms with van der Waals surface area (Å²) in [5.74, 6) is 0.871. The molecular weight excluding hydrogens is 208 g/mol. The van der Waals surface area contributed by atoms with Crippen molar-refractivity contribution >= 4 is 0 Å². The van der Waals surface area contributed by atoms with Crippen molar-refractivity contribution in [3.8, 4) is 6.07 Å². The van der Waals surface area contributed by atoms with Crippen LogP contribution < -0.4 is 5.32 Å². The molecular formula is C15H28N2. The van der Waals surface area contributed by atoms with Gasteiger partial charge in [0.1, 0.15) is 0 Å². The lowest BCUT2D eigenvalue weighted by Gasteiger charge is -2.32. The Labute approximate surface area is 107 Å². The Balaban J connectivity index is 2.26. The summed E-state index contributed by atoms with van der Waals surface area (Å²) in [5, 5.41) is 12.3. The van der Waals surface area contributed by atoms with Gasteiger partial charge in [0.05, 0.1) is 6.07 Å². The summed E-state index contributed by atoms with van der Waals surface area (Å²) in [4.78, 5) is 0. The predicted octanol–water partition coefficient (Wildman–Crippen LogP) is 3.87. The van der Waals surface area contributed by atoms with Gasteiger partial charge in [0.2, 0.25) is 0 Å². The molecule has 0 heterocycles. The highest BCUT2D eigenvalue weighted by Crippen LogP contribution is 2.27. The Kier molecular flexibility index (Phi) is 5.98. The van der Waals surface area contributed by atoms with Crippen LogP contribution in [0.15, 0.2) is 0 Å². The van der Waals surface area contributed by atoms with E-state index in [0.717, 1.165) is 18.9 Å². The first kappa shape index (κ1) is 14.5. The van der Waals surface area contributed by atoms with E-state index in [1.165, 1.54) is 32.1 Å². The monoisotopic (exact) mass is 236 g/mol. The minimum Gasteiger partial charge on any atom is -0.313 e. The van der Waals surface area contributed by atoms with Crippen molar-refractivity contribution in [3.63, 3.8) is 0 Å². The van der Waals surface area contributed by atoms with Gasteiger partial charge in [-0.1, -0.05) is 33.1 Å². The van der Waals surface area contributed by atoms with Crippen molar-refractivity contribution in [1.82, 2.24) is 5.32 Å². The van der Waals surface area contributed by atoms with Gasteiger partial charge >= 0.3 is 0 Å². The van der Waals surface area contributed by atoms with Gasteiger partial charge in [0.25, 0.3) is 0 Å². The lowest BCUT2D eigenvalue weighted by Crippen LogP contribution is -2.40. The average Bonchev–Trinajstić information content (AvgIpc) is 2.35. The van der Waals surface area contributed by atoms with Crippen LogP contribution >= 0.6 is 0 Å². The van der Waals surface area contributed by atoms with Crippen molar-refractivity contribution < 1.29 is 0 Å². The number of hydrogen-bond donors (Lipinski definition) is 1. The lowest BCUT2D eigenvalue weighted by molar-refractivity contribution is 0.241. The molecule has 0 aromatic carbocycles. The molecule has 1 aliphatic rings. The third-order valence-corrected chi connectivity index (χ3v) is 4.17. The summed E-state index contributed by atoms with van der Waals surface area (Å²) in [6.07, 6.45) is 8.71. The number of nitrogens with one attached hydrogen (secondary N) is 1. The zero-order valence-electron chi connectivity index (χ0n) is 11.8. The summed E-state index contributed by atoms with van der Waals surface area (Å²) in [6.45, 7) is 7.87. The fourth-order valence-electron chi connectivity index (χ4n) is 2.72. The predicted molar refractivity (Wildman–Crippen MR) is 72.7 cm³/mol. The highest BCUT2D eigenvalue weighted by molar-refractivity contribution is 4.82. The van der Waals surface area contributed by atoms with E-state index >= 15 is 0 Å². The normalized spacial score (nSPS) is 19.9. The van der Waals surface area contributed by atoms with Crippen LogP contribution in [0, 0.1) is 22.7 Å². The molecule has 1 fully saturated rings. The fourth-order valence-corrected chi connectivity index (χ4v) is 2.72. The van der Waals surface area contributed by atoms with Crippen LogP contribution in [0.2, 0.25) is 0 Å². The summed E-state index contributed by atoms with van der Waals surface area (Å²) >= 11 is 0. The molecule has 1 saturated carbocycles. The molecule has 1 N–H and O–H groups in total. The van der Waals surface area contributed by atoms with Crippen LogP contribution in [0.25, 0.3) is 0 Å². The maximum Gasteiger partial charge on any atom is 0.0621 e. The van der Waals surface area contributed by atoms with E-state index in [1.54, 1.807) is 0 Å². The zero-order chi connectivity index (χ0) is 12.7. The highest BCUT2D eigenvalue weighted by Gasteiger charge is 2.23. The molecule has 0 bridgehead atoms. The van der Waals surface area contributed by atoms with Crippen LogP contribution in [-0.2, 0) is 0 Å². The van der Waals surface area contributed by atoms with Crippen LogP contribution in [0.1, 0.15) is 65.7 Å². The average molecular weight is 236 g/mol. The van der Waals surface area contributed by atoms with Crippen molar-refractivity contribution in [1.29, 1.82) is 5.26 Å². The second-order valence-electron chi connectivity index (χ2n) is 6.39. The van der Waals surface area contributed by atoms with E-state index in [9.17, 15) is 0 Å². The van der Waals surface area contributed by atoms with Gasteiger partial charge in [-0.2, -0.15) is 5.26 Å². The van der Waals surface area contributed by atoms with Gasteiger partial charge < -0.3 is 5.32 Å². The molecule has 1 aliphatic carbocycles. The lowest BCUT2D eigenvalue weighted by atomic mass is 9.83. The number of nitrogens with zero attached hydrogens (tertiary/aromatic N) is 1. The Bertz CT molecular complexity index is 246. The Hall–Kier alpha value is -0.550. The third kappa shape index (κ3) is 5.55. The molecule has 2 heteroatoms. The molecule has 1 rings (SSSR count). The van der Waals surface area contributed by atoms with Gasteiger partial charge in [0.15, 0.2) is 0 Å². The summed E-state index contributed by atoms with van der Waals surface area (Å²) < 4.78 is 0. The third-order valence-electron chi connectivity index (χ3n) is 4.17. The molecule has 0 aliphatic heterocycles. The molecule has 1 atom stereocenters. The van der Waals surface area contributed by atoms with E-state index < -0.39 is 0 Å². The molecule has 17 heavy (non-hydrogen) atoms. The van der Waals surface area contributed by atoms with E-state index in [0.29, 0.717) is 12.5 Å². The van der Waals surface area contributed by atoms with E-state index in [-0.39, 0.29) is 5.41 Å². The summed E-state index contributed by atoms with van der Waals surface area (Å²) in [7, 11) is 0. The zero-order valence-corrected chi connectivity index (χ0v) is 11.8. The first-order chi connectivity index (χ1) is 8.05. The van der Waals surface area contributed by atoms with E-state index in [1.807, 2.05) is 0 Å². The minimum absolute atomic E-state index is 0.249. The largest absolute Gasteiger partial charge is 0.313 e. The van der Waals surface area contributed by atoms with Crippen LogP contribution in [-0.4, -0.2) is 12.6 Å². The molecule has 1 unspecified atom stereocenters. The van der Waals surface area contributed by atoms with Gasteiger partial charge in [-0.15, -0.1) is 0 Å². The van der Waals surface area contributed by atoms with Crippen molar-refractivity contribution in [3.05, 3.63) is 0 Å². The van der Waals surface area contributed by atoms with Crippen LogP contribution in [0.5, 0.6) is 0 Å². The number of hydrogen-bond acceptors (Lipinski definition) is 2. The second-order valence-corrected chi connectivity index (χ2v) is 6.39. The van der Waals surface area contributed by atoms with Crippen molar-refractivity contribution in [2.75, 3.05) is 6.54 Å². The first-order valence-corrected chi connectivity index (χ1v) is 7.15. The SMILES string of the molecule is CC(NCC(C)(C)CCC#N)C1CCCCC1. The van der Waals surface area contributed by atoms with Crippen molar-refractivity contribution in [2.45, 2.75) is 71.8 Å². The molecule has 0 radical (unpaired) electrons. The first-order valence-electron chi connectivity index (χ1n) is 7.15. The molecule has 98 valence electrons. The fraction of sp³-hybridized carbons (Fsp3) is 0.933. The summed E-state index contributed by atoms with van der Waals surface area (Å²) in [5.41, 5.74) is 0.249. The van der Waals surface area contributed by atoms with Gasteiger partial charge in [-0.05, 0) is 37.5 Å². The molecule has 0 amide bonds. The quantitative estimate of drug-likeness (QED) is 0.760. The smallest absolute Gasteiger partial charge is 0.0621 e. The van der Waals surface area contributed by atoms with E-state index in [4.69, 9.17) is 5.26 Å². The Morgan fingerprint density at radius 3 is 2.53 bits per heavy atom. The minimum atomic E-state index is 0.249. The van der Waals surface area contributed by atoms with Gasteiger partial charge in [-0.3, -0.25) is 0 Å². The molecule has 2 nitrogen and oxygen atoms in total.